The fourth-order valence-corrected chi connectivity index (χ4v) is 5.33. The number of nitrogens with zero attached hydrogens (tertiary/aromatic N) is 2. The van der Waals surface area contributed by atoms with Crippen LogP contribution in [0.15, 0.2) is 41.8 Å². The molecule has 0 bridgehead atoms. The number of carbonyl (C=O) groups excluding carboxylic acids is 3. The molecule has 0 saturated carbocycles. The Hall–Kier alpha value is -2.58. The monoisotopic (exact) mass is 488 g/mol. The summed E-state index contributed by atoms with van der Waals surface area (Å²) in [4.78, 5) is 43.1. The Balaban J connectivity index is 1.40. The van der Waals surface area contributed by atoms with Gasteiger partial charge in [0, 0.05) is 36.9 Å². The summed E-state index contributed by atoms with van der Waals surface area (Å²) in [7, 11) is 0. The van der Waals surface area contributed by atoms with Crippen LogP contribution in [0.4, 0.5) is 10.5 Å². The van der Waals surface area contributed by atoms with E-state index >= 15 is 0 Å². The van der Waals surface area contributed by atoms with Gasteiger partial charge in [-0.3, -0.25) is 9.59 Å². The van der Waals surface area contributed by atoms with Crippen molar-refractivity contribution in [3.63, 3.8) is 0 Å². The summed E-state index contributed by atoms with van der Waals surface area (Å²) in [6.45, 7) is 2.53. The number of hydrogen-bond acceptors (Lipinski definition) is 4. The van der Waals surface area contributed by atoms with Gasteiger partial charge in [0.25, 0.3) is 5.91 Å². The minimum Gasteiger partial charge on any atom is -0.341 e. The molecule has 1 unspecified atom stereocenters. The summed E-state index contributed by atoms with van der Waals surface area (Å²) in [5.41, 5.74) is 0.649. The Morgan fingerprint density at radius 3 is 2.39 bits per heavy atom. The molecule has 2 saturated heterocycles. The average Bonchev–Trinajstić information content (AvgIpc) is 3.38. The summed E-state index contributed by atoms with van der Waals surface area (Å²) in [5, 5.41) is 8.32. The van der Waals surface area contributed by atoms with Gasteiger partial charge in [-0.2, -0.15) is 0 Å². The van der Waals surface area contributed by atoms with Crippen LogP contribution in [-0.2, 0) is 4.79 Å². The highest BCUT2D eigenvalue weighted by atomic mass is 35.5. The van der Waals surface area contributed by atoms with Crippen molar-refractivity contribution >= 4 is 46.5 Å². The summed E-state index contributed by atoms with van der Waals surface area (Å²) in [5.74, 6) is -0.221. The normalized spacial score (nSPS) is 18.0. The van der Waals surface area contributed by atoms with Gasteiger partial charge in [0.15, 0.2) is 0 Å². The van der Waals surface area contributed by atoms with Crippen LogP contribution in [0, 0.1) is 5.92 Å². The highest BCUT2D eigenvalue weighted by Gasteiger charge is 2.36. The lowest BCUT2D eigenvalue weighted by molar-refractivity contribution is -0.136. The SMILES string of the molecule is O=C(NC(C(=O)N1CCCCC1)C1CCN(C(=O)Nc2cccc(Cl)c2)CC1)c1cccs1. The van der Waals surface area contributed by atoms with E-state index in [0.717, 1.165) is 32.4 Å². The summed E-state index contributed by atoms with van der Waals surface area (Å²) in [6.07, 6.45) is 4.44. The third kappa shape index (κ3) is 6.06. The molecule has 0 aliphatic carbocycles. The van der Waals surface area contributed by atoms with Gasteiger partial charge in [0.2, 0.25) is 5.91 Å². The van der Waals surface area contributed by atoms with E-state index in [1.165, 1.54) is 11.3 Å². The Kier molecular flexibility index (Phi) is 7.88. The van der Waals surface area contributed by atoms with Crippen molar-refractivity contribution in [1.29, 1.82) is 0 Å². The van der Waals surface area contributed by atoms with Crippen molar-refractivity contribution in [1.82, 2.24) is 15.1 Å². The quantitative estimate of drug-likeness (QED) is 0.652. The number of thiophene rings is 1. The number of urea groups is 1. The van der Waals surface area contributed by atoms with Crippen molar-refractivity contribution < 1.29 is 14.4 Å². The number of hydrogen-bond donors (Lipinski definition) is 2. The maximum atomic E-state index is 13.4. The van der Waals surface area contributed by atoms with Gasteiger partial charge in [-0.1, -0.05) is 23.7 Å². The van der Waals surface area contributed by atoms with Crippen LogP contribution in [-0.4, -0.2) is 59.9 Å². The van der Waals surface area contributed by atoms with Gasteiger partial charge < -0.3 is 20.4 Å². The molecular weight excluding hydrogens is 460 g/mol. The first-order valence-electron chi connectivity index (χ1n) is 11.5. The molecule has 4 rings (SSSR count). The molecule has 1 atom stereocenters. The van der Waals surface area contributed by atoms with Gasteiger partial charge in [-0.25, -0.2) is 4.79 Å². The zero-order valence-corrected chi connectivity index (χ0v) is 20.0. The van der Waals surface area contributed by atoms with Crippen molar-refractivity contribution in [3.8, 4) is 0 Å². The maximum absolute atomic E-state index is 13.4. The first-order valence-corrected chi connectivity index (χ1v) is 12.7. The third-order valence-corrected chi connectivity index (χ3v) is 7.44. The molecule has 4 amide bonds. The molecule has 2 aliphatic heterocycles. The Bertz CT molecular complexity index is 970. The number of amides is 4. The lowest BCUT2D eigenvalue weighted by Gasteiger charge is -2.38. The molecule has 1 aromatic heterocycles. The lowest BCUT2D eigenvalue weighted by atomic mass is 9.88. The van der Waals surface area contributed by atoms with Gasteiger partial charge >= 0.3 is 6.03 Å². The average molecular weight is 489 g/mol. The number of piperidine rings is 2. The topological polar surface area (TPSA) is 81.8 Å². The van der Waals surface area contributed by atoms with Crippen LogP contribution in [0.5, 0.6) is 0 Å². The molecule has 3 heterocycles. The molecule has 2 N–H and O–H groups in total. The highest BCUT2D eigenvalue weighted by Crippen LogP contribution is 2.25. The van der Waals surface area contributed by atoms with Crippen LogP contribution in [0.1, 0.15) is 41.8 Å². The van der Waals surface area contributed by atoms with E-state index in [2.05, 4.69) is 10.6 Å². The van der Waals surface area contributed by atoms with E-state index in [9.17, 15) is 14.4 Å². The zero-order valence-electron chi connectivity index (χ0n) is 18.5. The molecule has 9 heteroatoms. The van der Waals surface area contributed by atoms with E-state index in [1.54, 1.807) is 35.2 Å². The largest absolute Gasteiger partial charge is 0.341 e. The number of anilines is 1. The molecule has 2 aliphatic rings. The molecule has 2 aromatic rings. The van der Waals surface area contributed by atoms with Gasteiger partial charge in [0.1, 0.15) is 6.04 Å². The predicted molar refractivity (Wildman–Crippen MR) is 131 cm³/mol. The molecular formula is C24H29ClN4O3S. The fourth-order valence-electron chi connectivity index (χ4n) is 4.52. The second-order valence-corrected chi connectivity index (χ2v) is 9.96. The molecule has 7 nitrogen and oxygen atoms in total. The van der Waals surface area contributed by atoms with Crippen molar-refractivity contribution in [2.75, 3.05) is 31.5 Å². The Morgan fingerprint density at radius 2 is 1.73 bits per heavy atom. The Labute approximate surface area is 203 Å². The van der Waals surface area contributed by atoms with E-state index in [4.69, 9.17) is 11.6 Å². The van der Waals surface area contributed by atoms with Crippen molar-refractivity contribution in [2.24, 2.45) is 5.92 Å². The second-order valence-electron chi connectivity index (χ2n) is 8.58. The standard InChI is InChI=1S/C24H29ClN4O3S/c25-18-6-4-7-19(16-18)26-24(32)29-13-9-17(10-14-29)21(23(31)28-11-2-1-3-12-28)27-22(30)20-8-5-15-33-20/h4-8,15-17,21H,1-3,9-14H2,(H,26,32)(H,27,30). The second kappa shape index (κ2) is 11.0. The summed E-state index contributed by atoms with van der Waals surface area (Å²) < 4.78 is 0. The summed E-state index contributed by atoms with van der Waals surface area (Å²) in [6, 6.07) is 9.89. The van der Waals surface area contributed by atoms with Crippen molar-refractivity contribution in [2.45, 2.75) is 38.1 Å². The number of nitrogens with one attached hydrogen (secondary N) is 2. The number of likely N-dealkylation sites (tertiary alicyclic amines) is 2. The van der Waals surface area contributed by atoms with Crippen LogP contribution in [0.25, 0.3) is 0 Å². The first-order chi connectivity index (χ1) is 16.0. The minimum absolute atomic E-state index is 0.00133. The van der Waals surface area contributed by atoms with Crippen LogP contribution in [0.3, 0.4) is 0 Å². The highest BCUT2D eigenvalue weighted by molar-refractivity contribution is 7.12. The third-order valence-electron chi connectivity index (χ3n) is 6.34. The van der Waals surface area contributed by atoms with E-state index < -0.39 is 6.04 Å². The van der Waals surface area contributed by atoms with Crippen LogP contribution in [0.2, 0.25) is 5.02 Å². The lowest BCUT2D eigenvalue weighted by Crippen LogP contribution is -2.55. The molecule has 0 spiro atoms. The first kappa shape index (κ1) is 23.6. The minimum atomic E-state index is -0.573. The molecule has 176 valence electrons. The van der Waals surface area contributed by atoms with Gasteiger partial charge in [-0.15, -0.1) is 11.3 Å². The van der Waals surface area contributed by atoms with E-state index in [-0.39, 0.29) is 23.8 Å². The van der Waals surface area contributed by atoms with Crippen LogP contribution >= 0.6 is 22.9 Å². The van der Waals surface area contributed by atoms with Gasteiger partial charge in [-0.05, 0) is 67.7 Å². The van der Waals surface area contributed by atoms with E-state index in [1.807, 2.05) is 16.3 Å². The van der Waals surface area contributed by atoms with E-state index in [0.29, 0.717) is 41.5 Å². The van der Waals surface area contributed by atoms with Crippen molar-refractivity contribution in [3.05, 3.63) is 51.7 Å². The number of benzene rings is 1. The number of carbonyl (C=O) groups is 3. The maximum Gasteiger partial charge on any atom is 0.321 e. The number of rotatable bonds is 5. The molecule has 2 fully saturated rings. The summed E-state index contributed by atoms with van der Waals surface area (Å²) >= 11 is 7.37. The zero-order chi connectivity index (χ0) is 23.2. The number of halogens is 1. The Morgan fingerprint density at radius 1 is 0.970 bits per heavy atom. The van der Waals surface area contributed by atoms with Gasteiger partial charge in [0.05, 0.1) is 4.88 Å². The van der Waals surface area contributed by atoms with Crippen LogP contribution < -0.4 is 10.6 Å². The predicted octanol–water partition coefficient (Wildman–Crippen LogP) is 4.46. The fraction of sp³-hybridized carbons (Fsp3) is 0.458. The molecule has 1 aromatic carbocycles. The molecule has 0 radical (unpaired) electrons. The smallest absolute Gasteiger partial charge is 0.321 e. The molecule has 33 heavy (non-hydrogen) atoms.